The number of unbranched alkanes of at least 4 members (excludes halogenated alkanes) is 12. The predicted octanol–water partition coefficient (Wildman–Crippen LogP) is 8.46. The lowest BCUT2D eigenvalue weighted by molar-refractivity contribution is -0.150. The predicted molar refractivity (Wildman–Crippen MR) is 130 cm³/mol. The number of carbonyl (C=O) groups excluding carboxylic acids is 1. The van der Waals surface area contributed by atoms with Crippen molar-refractivity contribution in [1.29, 1.82) is 0 Å². The zero-order valence-corrected chi connectivity index (χ0v) is 21.0. The van der Waals surface area contributed by atoms with Gasteiger partial charge in [0.05, 0.1) is 0 Å². The van der Waals surface area contributed by atoms with Crippen LogP contribution in [-0.4, -0.2) is 23.1 Å². The summed E-state index contributed by atoms with van der Waals surface area (Å²) in [6, 6.07) is 0. The third-order valence-electron chi connectivity index (χ3n) is 6.01. The Hall–Kier alpha value is -1.06. The SMILES string of the molecule is CCCCCCCCCCCC(CCCCCCC(C)C)OC(=O)CCCCC(=O)O. The van der Waals surface area contributed by atoms with Crippen LogP contribution >= 0.6 is 0 Å². The summed E-state index contributed by atoms with van der Waals surface area (Å²) < 4.78 is 5.79. The summed E-state index contributed by atoms with van der Waals surface area (Å²) in [5.41, 5.74) is 0. The van der Waals surface area contributed by atoms with Gasteiger partial charge in [0.15, 0.2) is 0 Å². The molecule has 0 saturated carbocycles. The van der Waals surface area contributed by atoms with Gasteiger partial charge < -0.3 is 9.84 Å². The van der Waals surface area contributed by atoms with Gasteiger partial charge in [0.25, 0.3) is 0 Å². The van der Waals surface area contributed by atoms with Crippen LogP contribution in [0.25, 0.3) is 0 Å². The van der Waals surface area contributed by atoms with Gasteiger partial charge in [-0.1, -0.05) is 97.8 Å². The summed E-state index contributed by atoms with van der Waals surface area (Å²) in [5, 5.41) is 8.71. The molecule has 1 N–H and O–H groups in total. The summed E-state index contributed by atoms with van der Waals surface area (Å²) in [4.78, 5) is 22.8. The van der Waals surface area contributed by atoms with Gasteiger partial charge in [0, 0.05) is 12.8 Å². The van der Waals surface area contributed by atoms with Crippen LogP contribution in [0.2, 0.25) is 0 Å². The smallest absolute Gasteiger partial charge is 0.306 e. The van der Waals surface area contributed by atoms with Gasteiger partial charge in [-0.2, -0.15) is 0 Å². The van der Waals surface area contributed by atoms with E-state index in [-0.39, 0.29) is 18.5 Å². The largest absolute Gasteiger partial charge is 0.481 e. The Morgan fingerprint density at radius 3 is 1.58 bits per heavy atom. The van der Waals surface area contributed by atoms with Crippen molar-refractivity contribution < 1.29 is 19.4 Å². The summed E-state index contributed by atoms with van der Waals surface area (Å²) in [7, 11) is 0. The average Bonchev–Trinajstić information content (AvgIpc) is 2.71. The summed E-state index contributed by atoms with van der Waals surface area (Å²) in [5.74, 6) is -0.165. The maximum atomic E-state index is 12.2. The van der Waals surface area contributed by atoms with E-state index in [9.17, 15) is 9.59 Å². The van der Waals surface area contributed by atoms with Crippen molar-refractivity contribution in [3.05, 3.63) is 0 Å². The lowest BCUT2D eigenvalue weighted by Crippen LogP contribution is -2.18. The van der Waals surface area contributed by atoms with Crippen molar-refractivity contribution in [2.75, 3.05) is 0 Å². The molecule has 1 unspecified atom stereocenters. The molecule has 0 aromatic rings. The molecule has 0 saturated heterocycles. The Bertz CT molecular complexity index is 419. The van der Waals surface area contributed by atoms with Crippen LogP contribution in [0.5, 0.6) is 0 Å². The Labute approximate surface area is 192 Å². The number of hydrogen-bond acceptors (Lipinski definition) is 3. The zero-order valence-electron chi connectivity index (χ0n) is 21.0. The molecule has 0 amide bonds. The minimum atomic E-state index is -0.797. The van der Waals surface area contributed by atoms with E-state index in [1.165, 1.54) is 77.0 Å². The monoisotopic (exact) mass is 440 g/mol. The number of rotatable bonds is 23. The molecule has 0 aliphatic heterocycles. The maximum absolute atomic E-state index is 12.2. The number of ether oxygens (including phenoxy) is 1. The fourth-order valence-electron chi connectivity index (χ4n) is 4.01. The van der Waals surface area contributed by atoms with E-state index in [4.69, 9.17) is 9.84 Å². The van der Waals surface area contributed by atoms with Crippen molar-refractivity contribution in [3.63, 3.8) is 0 Å². The van der Waals surface area contributed by atoms with Crippen LogP contribution in [0, 0.1) is 5.92 Å². The fraction of sp³-hybridized carbons (Fsp3) is 0.926. The number of esters is 1. The first kappa shape index (κ1) is 29.9. The van der Waals surface area contributed by atoms with Crippen LogP contribution in [0.3, 0.4) is 0 Å². The van der Waals surface area contributed by atoms with E-state index in [1.54, 1.807) is 0 Å². The van der Waals surface area contributed by atoms with Crippen LogP contribution < -0.4 is 0 Å². The molecule has 0 fully saturated rings. The van der Waals surface area contributed by atoms with Crippen molar-refractivity contribution in [2.45, 2.75) is 155 Å². The number of carboxylic acids is 1. The molecule has 31 heavy (non-hydrogen) atoms. The molecule has 0 radical (unpaired) electrons. The highest BCUT2D eigenvalue weighted by Crippen LogP contribution is 2.18. The second kappa shape index (κ2) is 22.1. The average molecular weight is 441 g/mol. The third-order valence-corrected chi connectivity index (χ3v) is 6.01. The highest BCUT2D eigenvalue weighted by Gasteiger charge is 2.14. The Morgan fingerprint density at radius 2 is 1.10 bits per heavy atom. The van der Waals surface area contributed by atoms with Gasteiger partial charge in [-0.25, -0.2) is 0 Å². The van der Waals surface area contributed by atoms with Gasteiger partial charge in [-0.3, -0.25) is 9.59 Å². The van der Waals surface area contributed by atoms with E-state index in [0.717, 1.165) is 31.6 Å². The lowest BCUT2D eigenvalue weighted by Gasteiger charge is -2.18. The molecular formula is C27H52O4. The number of carbonyl (C=O) groups is 2. The first-order chi connectivity index (χ1) is 15.0. The minimum Gasteiger partial charge on any atom is -0.481 e. The van der Waals surface area contributed by atoms with Gasteiger partial charge in [0.1, 0.15) is 6.10 Å². The molecule has 184 valence electrons. The molecular weight excluding hydrogens is 388 g/mol. The maximum Gasteiger partial charge on any atom is 0.306 e. The first-order valence-electron chi connectivity index (χ1n) is 13.4. The van der Waals surface area contributed by atoms with Crippen LogP contribution in [-0.2, 0) is 14.3 Å². The normalized spacial score (nSPS) is 12.3. The third kappa shape index (κ3) is 23.4. The molecule has 0 aromatic carbocycles. The molecule has 0 bridgehead atoms. The summed E-state index contributed by atoms with van der Waals surface area (Å²) >= 11 is 0. The van der Waals surface area contributed by atoms with Crippen LogP contribution in [0.4, 0.5) is 0 Å². The van der Waals surface area contributed by atoms with Gasteiger partial charge >= 0.3 is 11.9 Å². The number of aliphatic carboxylic acids is 1. The van der Waals surface area contributed by atoms with E-state index in [2.05, 4.69) is 20.8 Å². The fourth-order valence-corrected chi connectivity index (χ4v) is 4.01. The molecule has 0 aliphatic rings. The highest BCUT2D eigenvalue weighted by molar-refractivity contribution is 5.70. The molecule has 0 aliphatic carbocycles. The van der Waals surface area contributed by atoms with Gasteiger partial charge in [-0.15, -0.1) is 0 Å². The van der Waals surface area contributed by atoms with E-state index in [0.29, 0.717) is 19.3 Å². The van der Waals surface area contributed by atoms with E-state index < -0.39 is 5.97 Å². The van der Waals surface area contributed by atoms with Crippen LogP contribution in [0.1, 0.15) is 149 Å². The number of hydrogen-bond donors (Lipinski definition) is 1. The minimum absolute atomic E-state index is 0.0432. The second-order valence-electron chi connectivity index (χ2n) is 9.72. The Morgan fingerprint density at radius 1 is 0.645 bits per heavy atom. The van der Waals surface area contributed by atoms with E-state index in [1.807, 2.05) is 0 Å². The Kier molecular flexibility index (Phi) is 21.4. The molecule has 4 heteroatoms. The van der Waals surface area contributed by atoms with Crippen molar-refractivity contribution in [3.8, 4) is 0 Å². The second-order valence-corrected chi connectivity index (χ2v) is 9.72. The first-order valence-corrected chi connectivity index (χ1v) is 13.4. The van der Waals surface area contributed by atoms with Gasteiger partial charge in [-0.05, 0) is 44.4 Å². The lowest BCUT2D eigenvalue weighted by atomic mass is 10.0. The van der Waals surface area contributed by atoms with Crippen LogP contribution in [0.15, 0.2) is 0 Å². The quantitative estimate of drug-likeness (QED) is 0.128. The number of carboxylic acid groups (broad SMARTS) is 1. The zero-order chi connectivity index (χ0) is 23.2. The molecule has 0 heterocycles. The molecule has 0 rings (SSSR count). The Balaban J connectivity index is 4.06. The van der Waals surface area contributed by atoms with Gasteiger partial charge in [0.2, 0.25) is 0 Å². The highest BCUT2D eigenvalue weighted by atomic mass is 16.5. The molecule has 0 spiro atoms. The molecule has 4 nitrogen and oxygen atoms in total. The van der Waals surface area contributed by atoms with Crippen molar-refractivity contribution >= 4 is 11.9 Å². The van der Waals surface area contributed by atoms with E-state index >= 15 is 0 Å². The molecule has 1 atom stereocenters. The topological polar surface area (TPSA) is 63.6 Å². The van der Waals surface area contributed by atoms with Crippen molar-refractivity contribution in [1.82, 2.24) is 0 Å². The molecule has 0 aromatic heterocycles. The summed E-state index contributed by atoms with van der Waals surface area (Å²) in [6.45, 7) is 6.80. The van der Waals surface area contributed by atoms with Crippen molar-refractivity contribution in [2.24, 2.45) is 5.92 Å². The summed E-state index contributed by atoms with van der Waals surface area (Å²) in [6.07, 6.45) is 21.6. The standard InChI is InChI=1S/C27H52O4/c1-4-5-6-7-8-9-10-11-15-20-25(21-16-13-12-14-19-24(2)3)31-27(30)23-18-17-22-26(28)29/h24-25H,4-23H2,1-3H3,(H,28,29).